The lowest BCUT2D eigenvalue weighted by Gasteiger charge is -2.44. The molecule has 0 spiro atoms. The van der Waals surface area contributed by atoms with Gasteiger partial charge in [-0.15, -0.1) is 11.3 Å². The van der Waals surface area contributed by atoms with Crippen LogP contribution in [-0.2, 0) is 0 Å². The Balaban J connectivity index is 1.48. The number of carbonyl (C=O) groups excluding carboxylic acids is 1. The fourth-order valence-electron chi connectivity index (χ4n) is 3.60. The average Bonchev–Trinajstić information content (AvgIpc) is 3.13. The summed E-state index contributed by atoms with van der Waals surface area (Å²) in [6, 6.07) is 9.69. The van der Waals surface area contributed by atoms with Crippen molar-refractivity contribution in [3.8, 4) is 16.6 Å². The van der Waals surface area contributed by atoms with Crippen LogP contribution >= 0.6 is 11.3 Å². The predicted octanol–water partition coefficient (Wildman–Crippen LogP) is 2.51. The predicted molar refractivity (Wildman–Crippen MR) is 92.7 cm³/mol. The van der Waals surface area contributed by atoms with Crippen LogP contribution in [0.1, 0.15) is 28.1 Å². The first-order chi connectivity index (χ1) is 11.7. The quantitative estimate of drug-likeness (QED) is 0.933. The molecule has 2 aromatic rings. The third-order valence-corrected chi connectivity index (χ3v) is 5.99. The Morgan fingerprint density at radius 1 is 1.38 bits per heavy atom. The molecule has 3 fully saturated rings. The number of carbonyl (C=O) groups is 1. The molecule has 4 heterocycles. The van der Waals surface area contributed by atoms with Gasteiger partial charge in [0.15, 0.2) is 0 Å². The standard InChI is InChI=1S/C18H18N4OS/c19-9-12-2-1-3-14(8-12)18-20-10-16(24-18)17(23)21-15-11-22-6-4-13(15)5-7-22/h1-3,8,10,13,15H,4-7,11H2,(H,21,23)/t15-/m0/s1. The number of thiazole rings is 1. The van der Waals surface area contributed by atoms with Gasteiger partial charge in [-0.25, -0.2) is 4.98 Å². The molecule has 2 bridgehead atoms. The highest BCUT2D eigenvalue weighted by atomic mass is 32.1. The Morgan fingerprint density at radius 2 is 2.21 bits per heavy atom. The number of rotatable bonds is 3. The maximum absolute atomic E-state index is 12.5. The number of hydrogen-bond donors (Lipinski definition) is 1. The summed E-state index contributed by atoms with van der Waals surface area (Å²) in [5.41, 5.74) is 1.47. The van der Waals surface area contributed by atoms with Gasteiger partial charge >= 0.3 is 0 Å². The van der Waals surface area contributed by atoms with E-state index in [1.807, 2.05) is 12.1 Å². The molecule has 0 saturated carbocycles. The van der Waals surface area contributed by atoms with Crippen LogP contribution in [0.3, 0.4) is 0 Å². The van der Waals surface area contributed by atoms with E-state index in [1.54, 1.807) is 18.3 Å². The summed E-state index contributed by atoms with van der Waals surface area (Å²) in [5.74, 6) is 0.576. The molecule has 6 heteroatoms. The molecule has 1 atom stereocenters. The van der Waals surface area contributed by atoms with Gasteiger partial charge in [-0.3, -0.25) is 4.79 Å². The first kappa shape index (κ1) is 15.3. The van der Waals surface area contributed by atoms with Crippen molar-refractivity contribution in [1.29, 1.82) is 5.26 Å². The summed E-state index contributed by atoms with van der Waals surface area (Å²) >= 11 is 1.38. The molecule has 3 aliphatic rings. The number of nitrogens with zero attached hydrogens (tertiary/aromatic N) is 3. The molecule has 5 nitrogen and oxygen atoms in total. The van der Waals surface area contributed by atoms with Crippen LogP contribution in [0.4, 0.5) is 0 Å². The minimum atomic E-state index is -0.0334. The van der Waals surface area contributed by atoms with Crippen molar-refractivity contribution in [2.45, 2.75) is 18.9 Å². The van der Waals surface area contributed by atoms with Gasteiger partial charge < -0.3 is 10.2 Å². The van der Waals surface area contributed by atoms with E-state index in [0.717, 1.165) is 30.2 Å². The normalized spacial score (nSPS) is 25.2. The number of aromatic nitrogens is 1. The summed E-state index contributed by atoms with van der Waals surface area (Å²) < 4.78 is 0. The third-order valence-electron chi connectivity index (χ3n) is 4.94. The van der Waals surface area contributed by atoms with Crippen LogP contribution in [0.5, 0.6) is 0 Å². The van der Waals surface area contributed by atoms with Crippen LogP contribution in [0, 0.1) is 17.2 Å². The molecule has 1 amide bonds. The van der Waals surface area contributed by atoms with E-state index in [9.17, 15) is 4.79 Å². The summed E-state index contributed by atoms with van der Waals surface area (Å²) in [6.07, 6.45) is 4.00. The summed E-state index contributed by atoms with van der Waals surface area (Å²) in [6.45, 7) is 3.29. The maximum Gasteiger partial charge on any atom is 0.263 e. The number of fused-ring (bicyclic) bond motifs is 3. The van der Waals surface area contributed by atoms with Crippen molar-refractivity contribution in [3.63, 3.8) is 0 Å². The molecule has 122 valence electrons. The first-order valence-corrected chi connectivity index (χ1v) is 9.04. The van der Waals surface area contributed by atoms with Crippen LogP contribution < -0.4 is 5.32 Å². The molecule has 3 aliphatic heterocycles. The van der Waals surface area contributed by atoms with Gasteiger partial charge in [-0.05, 0) is 44.0 Å². The molecule has 1 N–H and O–H groups in total. The van der Waals surface area contributed by atoms with Gasteiger partial charge in [0.05, 0.1) is 17.8 Å². The van der Waals surface area contributed by atoms with Crippen molar-refractivity contribution in [3.05, 3.63) is 40.9 Å². The number of amides is 1. The molecular formula is C18H18N4OS. The summed E-state index contributed by atoms with van der Waals surface area (Å²) in [5, 5.41) is 13.0. The molecule has 24 heavy (non-hydrogen) atoms. The van der Waals surface area contributed by atoms with E-state index >= 15 is 0 Å². The lowest BCUT2D eigenvalue weighted by Crippen LogP contribution is -2.57. The van der Waals surface area contributed by atoms with Crippen molar-refractivity contribution < 1.29 is 4.79 Å². The summed E-state index contributed by atoms with van der Waals surface area (Å²) in [7, 11) is 0. The highest BCUT2D eigenvalue weighted by Crippen LogP contribution is 2.29. The molecule has 0 radical (unpaired) electrons. The van der Waals surface area contributed by atoms with Crippen LogP contribution in [0.15, 0.2) is 30.5 Å². The minimum absolute atomic E-state index is 0.0334. The topological polar surface area (TPSA) is 69.0 Å². The van der Waals surface area contributed by atoms with Gasteiger partial charge in [0.1, 0.15) is 9.88 Å². The third kappa shape index (κ3) is 2.93. The molecule has 1 aromatic heterocycles. The SMILES string of the molecule is N#Cc1cccc(-c2ncc(C(=O)N[C@H]3CN4CCC3CC4)s2)c1. The van der Waals surface area contributed by atoms with Crippen LogP contribution in [0.25, 0.3) is 10.6 Å². The zero-order valence-electron chi connectivity index (χ0n) is 13.2. The van der Waals surface area contributed by atoms with E-state index in [0.29, 0.717) is 16.4 Å². The Bertz CT molecular complexity index is 801. The second-order valence-electron chi connectivity index (χ2n) is 6.44. The van der Waals surface area contributed by atoms with Gasteiger partial charge in [0.2, 0.25) is 0 Å². The van der Waals surface area contributed by atoms with Gasteiger partial charge in [-0.2, -0.15) is 5.26 Å². The molecular weight excluding hydrogens is 320 g/mol. The Hall–Kier alpha value is -2.23. The van der Waals surface area contributed by atoms with Gasteiger partial charge in [0, 0.05) is 18.2 Å². The number of piperidine rings is 3. The first-order valence-electron chi connectivity index (χ1n) is 8.22. The highest BCUT2D eigenvalue weighted by molar-refractivity contribution is 7.16. The second-order valence-corrected chi connectivity index (χ2v) is 7.47. The Morgan fingerprint density at radius 3 is 2.92 bits per heavy atom. The lowest BCUT2D eigenvalue weighted by molar-refractivity contribution is 0.0622. The van der Waals surface area contributed by atoms with Crippen LogP contribution in [0.2, 0.25) is 0 Å². The fourth-order valence-corrected chi connectivity index (χ4v) is 4.42. The van der Waals surface area contributed by atoms with Crippen molar-refractivity contribution in [1.82, 2.24) is 15.2 Å². The van der Waals surface area contributed by atoms with Crippen molar-refractivity contribution in [2.24, 2.45) is 5.92 Å². The van der Waals surface area contributed by atoms with E-state index in [4.69, 9.17) is 5.26 Å². The van der Waals surface area contributed by atoms with E-state index in [2.05, 4.69) is 21.3 Å². The minimum Gasteiger partial charge on any atom is -0.347 e. The smallest absolute Gasteiger partial charge is 0.263 e. The van der Waals surface area contributed by atoms with Gasteiger partial charge in [0.25, 0.3) is 5.91 Å². The zero-order valence-corrected chi connectivity index (χ0v) is 14.1. The van der Waals surface area contributed by atoms with Crippen molar-refractivity contribution >= 4 is 17.2 Å². The van der Waals surface area contributed by atoms with E-state index in [1.165, 1.54) is 24.2 Å². The van der Waals surface area contributed by atoms with Gasteiger partial charge in [-0.1, -0.05) is 12.1 Å². The fraction of sp³-hybridized carbons (Fsp3) is 0.389. The zero-order chi connectivity index (χ0) is 16.5. The molecule has 3 saturated heterocycles. The molecule has 1 aromatic carbocycles. The highest BCUT2D eigenvalue weighted by Gasteiger charge is 2.35. The largest absolute Gasteiger partial charge is 0.347 e. The lowest BCUT2D eigenvalue weighted by atomic mass is 9.84. The Labute approximate surface area is 144 Å². The van der Waals surface area contributed by atoms with Crippen molar-refractivity contribution in [2.75, 3.05) is 19.6 Å². The number of nitriles is 1. The number of hydrogen-bond acceptors (Lipinski definition) is 5. The molecule has 5 rings (SSSR count). The maximum atomic E-state index is 12.5. The van der Waals surface area contributed by atoms with Crippen LogP contribution in [-0.4, -0.2) is 41.5 Å². The summed E-state index contributed by atoms with van der Waals surface area (Å²) in [4.78, 5) is 20.0. The second kappa shape index (κ2) is 6.34. The van der Waals surface area contributed by atoms with E-state index < -0.39 is 0 Å². The average molecular weight is 338 g/mol. The number of nitrogens with one attached hydrogen (secondary N) is 1. The number of benzene rings is 1. The molecule has 0 aliphatic carbocycles. The Kier molecular flexibility index (Phi) is 4.05. The van der Waals surface area contributed by atoms with E-state index in [-0.39, 0.29) is 11.9 Å². The monoisotopic (exact) mass is 338 g/mol. The molecule has 0 unspecified atom stereocenters.